The topological polar surface area (TPSA) is 54.3 Å². The lowest BCUT2D eigenvalue weighted by Gasteiger charge is -2.22. The number of carbonyl (C=O) groups excluding carboxylic acids is 1. The van der Waals surface area contributed by atoms with Crippen LogP contribution in [0.15, 0.2) is 36.5 Å². The van der Waals surface area contributed by atoms with Gasteiger partial charge >= 0.3 is 0 Å². The summed E-state index contributed by atoms with van der Waals surface area (Å²) < 4.78 is 1.91. The minimum atomic E-state index is 0.0488. The van der Waals surface area contributed by atoms with Crippen LogP contribution in [0.1, 0.15) is 61.3 Å². The molecule has 1 aliphatic rings. The van der Waals surface area contributed by atoms with Gasteiger partial charge in [0.25, 0.3) is 5.91 Å². The SMILES string of the molecule is CC(C)c1cc(C(=O)N2CCN(C)c3ccccc3C2)c2cnn(C(C)C)c2n1. The number of hydrogen-bond acceptors (Lipinski definition) is 4. The molecule has 3 heterocycles. The Labute approximate surface area is 172 Å². The van der Waals surface area contributed by atoms with Gasteiger partial charge in [-0.2, -0.15) is 5.10 Å². The summed E-state index contributed by atoms with van der Waals surface area (Å²) in [6.07, 6.45) is 1.79. The lowest BCUT2D eigenvalue weighted by atomic mass is 10.0. The largest absolute Gasteiger partial charge is 0.373 e. The standard InChI is InChI=1S/C23H29N5O/c1-15(2)20-12-18(19-13-24-28(16(3)4)22(19)25-20)23(29)27-11-10-26(5)21-9-7-6-8-17(21)14-27/h6-9,12-13,15-16H,10-11,14H2,1-5H3. The van der Waals surface area contributed by atoms with Crippen LogP contribution in [0.25, 0.3) is 11.0 Å². The van der Waals surface area contributed by atoms with Gasteiger partial charge in [-0.25, -0.2) is 9.67 Å². The normalized spacial score (nSPS) is 14.6. The van der Waals surface area contributed by atoms with Gasteiger partial charge in [-0.05, 0) is 37.5 Å². The summed E-state index contributed by atoms with van der Waals surface area (Å²) in [6, 6.07) is 10.5. The Hall–Kier alpha value is -2.89. The van der Waals surface area contributed by atoms with E-state index >= 15 is 0 Å². The van der Waals surface area contributed by atoms with Crippen molar-refractivity contribution in [3.63, 3.8) is 0 Å². The van der Waals surface area contributed by atoms with Crippen molar-refractivity contribution in [1.82, 2.24) is 19.7 Å². The average Bonchev–Trinajstić information content (AvgIpc) is 3.06. The summed E-state index contributed by atoms with van der Waals surface area (Å²) in [5.74, 6) is 0.283. The van der Waals surface area contributed by atoms with Gasteiger partial charge in [0.2, 0.25) is 0 Å². The molecule has 1 aromatic carbocycles. The number of amides is 1. The van der Waals surface area contributed by atoms with Crippen molar-refractivity contribution in [3.05, 3.63) is 53.3 Å². The second-order valence-corrected chi connectivity index (χ2v) is 8.45. The Morgan fingerprint density at radius 2 is 1.86 bits per heavy atom. The molecule has 0 N–H and O–H groups in total. The molecule has 0 bridgehead atoms. The first-order valence-electron chi connectivity index (χ1n) is 10.3. The molecule has 4 rings (SSSR count). The van der Waals surface area contributed by atoms with Crippen LogP contribution < -0.4 is 4.90 Å². The Balaban J connectivity index is 1.79. The van der Waals surface area contributed by atoms with Crippen molar-refractivity contribution >= 4 is 22.6 Å². The van der Waals surface area contributed by atoms with Gasteiger partial charge in [0, 0.05) is 44.1 Å². The van der Waals surface area contributed by atoms with E-state index in [1.165, 1.54) is 11.3 Å². The highest BCUT2D eigenvalue weighted by Gasteiger charge is 2.26. The second-order valence-electron chi connectivity index (χ2n) is 8.45. The molecule has 6 heteroatoms. The van der Waals surface area contributed by atoms with E-state index in [2.05, 4.69) is 62.9 Å². The van der Waals surface area contributed by atoms with Gasteiger partial charge in [0.1, 0.15) is 0 Å². The van der Waals surface area contributed by atoms with Gasteiger partial charge in [-0.3, -0.25) is 4.79 Å². The van der Waals surface area contributed by atoms with E-state index in [0.717, 1.165) is 23.3 Å². The first-order chi connectivity index (χ1) is 13.9. The van der Waals surface area contributed by atoms with E-state index < -0.39 is 0 Å². The van der Waals surface area contributed by atoms with Crippen molar-refractivity contribution < 1.29 is 4.79 Å². The van der Waals surface area contributed by atoms with Crippen molar-refractivity contribution in [1.29, 1.82) is 0 Å². The maximum Gasteiger partial charge on any atom is 0.255 e. The Kier molecular flexibility index (Phi) is 5.03. The molecule has 0 aliphatic carbocycles. The molecule has 0 saturated carbocycles. The third kappa shape index (κ3) is 3.48. The predicted octanol–water partition coefficient (Wildman–Crippen LogP) is 4.23. The van der Waals surface area contributed by atoms with Gasteiger partial charge < -0.3 is 9.80 Å². The summed E-state index contributed by atoms with van der Waals surface area (Å²) >= 11 is 0. The van der Waals surface area contributed by atoms with Crippen molar-refractivity contribution in [2.24, 2.45) is 0 Å². The fourth-order valence-corrected chi connectivity index (χ4v) is 3.92. The summed E-state index contributed by atoms with van der Waals surface area (Å²) in [7, 11) is 2.08. The molecule has 1 aliphatic heterocycles. The Morgan fingerprint density at radius 3 is 2.59 bits per heavy atom. The number of rotatable bonds is 3. The van der Waals surface area contributed by atoms with Crippen LogP contribution in [0.4, 0.5) is 5.69 Å². The molecule has 0 unspecified atom stereocenters. The second kappa shape index (κ2) is 7.50. The number of likely N-dealkylation sites (N-methyl/N-ethyl adjacent to an activating group) is 1. The lowest BCUT2D eigenvalue weighted by Crippen LogP contribution is -2.34. The number of anilines is 1. The van der Waals surface area contributed by atoms with Crippen molar-refractivity contribution in [2.45, 2.75) is 46.2 Å². The number of hydrogen-bond donors (Lipinski definition) is 0. The van der Waals surface area contributed by atoms with Crippen LogP contribution in [0.2, 0.25) is 0 Å². The van der Waals surface area contributed by atoms with E-state index in [-0.39, 0.29) is 17.9 Å². The molecule has 0 fully saturated rings. The van der Waals surface area contributed by atoms with Crippen molar-refractivity contribution in [2.75, 3.05) is 25.0 Å². The smallest absolute Gasteiger partial charge is 0.255 e. The van der Waals surface area contributed by atoms with Crippen LogP contribution in [0.3, 0.4) is 0 Å². The number of para-hydroxylation sites is 1. The third-order valence-corrected chi connectivity index (χ3v) is 5.65. The molecule has 29 heavy (non-hydrogen) atoms. The molecule has 2 aromatic heterocycles. The van der Waals surface area contributed by atoms with E-state index in [1.807, 2.05) is 21.7 Å². The van der Waals surface area contributed by atoms with Gasteiger partial charge in [0.05, 0.1) is 17.1 Å². The number of fused-ring (bicyclic) bond motifs is 2. The summed E-state index contributed by atoms with van der Waals surface area (Å²) in [6.45, 7) is 10.5. The number of nitrogens with zero attached hydrogens (tertiary/aromatic N) is 5. The van der Waals surface area contributed by atoms with Crippen LogP contribution in [0, 0.1) is 0 Å². The third-order valence-electron chi connectivity index (χ3n) is 5.65. The fraction of sp³-hybridized carbons (Fsp3) is 0.435. The first-order valence-corrected chi connectivity index (χ1v) is 10.3. The number of aromatic nitrogens is 3. The summed E-state index contributed by atoms with van der Waals surface area (Å²) in [5, 5.41) is 5.36. The monoisotopic (exact) mass is 391 g/mol. The Bertz CT molecular complexity index is 1050. The molecule has 0 saturated heterocycles. The zero-order valence-electron chi connectivity index (χ0n) is 17.9. The van der Waals surface area contributed by atoms with Crippen LogP contribution in [-0.2, 0) is 6.54 Å². The molecule has 3 aromatic rings. The summed E-state index contributed by atoms with van der Waals surface area (Å²) in [4.78, 5) is 22.7. The highest BCUT2D eigenvalue weighted by molar-refractivity contribution is 6.05. The molecular weight excluding hydrogens is 362 g/mol. The van der Waals surface area contributed by atoms with Crippen LogP contribution in [-0.4, -0.2) is 45.7 Å². The highest BCUT2D eigenvalue weighted by atomic mass is 16.2. The van der Waals surface area contributed by atoms with Gasteiger partial charge in [0.15, 0.2) is 5.65 Å². The van der Waals surface area contributed by atoms with Gasteiger partial charge in [-0.15, -0.1) is 0 Å². The van der Waals surface area contributed by atoms with Crippen molar-refractivity contribution in [3.8, 4) is 0 Å². The quantitative estimate of drug-likeness (QED) is 0.671. The molecule has 6 nitrogen and oxygen atoms in total. The first kappa shape index (κ1) is 19.4. The van der Waals surface area contributed by atoms with Crippen LogP contribution >= 0.6 is 0 Å². The van der Waals surface area contributed by atoms with E-state index in [9.17, 15) is 4.79 Å². The molecular formula is C23H29N5O. The number of benzene rings is 1. The van der Waals surface area contributed by atoms with E-state index in [4.69, 9.17) is 4.98 Å². The lowest BCUT2D eigenvalue weighted by molar-refractivity contribution is 0.0753. The zero-order valence-corrected chi connectivity index (χ0v) is 17.9. The van der Waals surface area contributed by atoms with Gasteiger partial charge in [-0.1, -0.05) is 32.0 Å². The minimum absolute atomic E-state index is 0.0488. The van der Waals surface area contributed by atoms with Crippen LogP contribution in [0.5, 0.6) is 0 Å². The molecule has 152 valence electrons. The Morgan fingerprint density at radius 1 is 1.10 bits per heavy atom. The number of pyridine rings is 1. The molecule has 0 atom stereocenters. The summed E-state index contributed by atoms with van der Waals surface area (Å²) in [5.41, 5.74) is 4.79. The molecule has 0 radical (unpaired) electrons. The predicted molar refractivity (Wildman–Crippen MR) is 116 cm³/mol. The minimum Gasteiger partial charge on any atom is -0.373 e. The maximum absolute atomic E-state index is 13.7. The average molecular weight is 392 g/mol. The zero-order chi connectivity index (χ0) is 20.7. The number of carbonyl (C=O) groups is 1. The highest BCUT2D eigenvalue weighted by Crippen LogP contribution is 2.28. The van der Waals surface area contributed by atoms with E-state index in [0.29, 0.717) is 18.7 Å². The maximum atomic E-state index is 13.7. The van der Waals surface area contributed by atoms with E-state index in [1.54, 1.807) is 6.20 Å². The molecule has 1 amide bonds. The molecule has 0 spiro atoms. The fourth-order valence-electron chi connectivity index (χ4n) is 3.92.